The Morgan fingerprint density at radius 3 is 2.52 bits per heavy atom. The van der Waals surface area contributed by atoms with E-state index in [2.05, 4.69) is 0 Å². The van der Waals surface area contributed by atoms with Gasteiger partial charge in [0, 0.05) is 19.5 Å². The van der Waals surface area contributed by atoms with Crippen LogP contribution in [0, 0.1) is 11.8 Å². The number of amides is 1. The van der Waals surface area contributed by atoms with Gasteiger partial charge in [-0.15, -0.1) is 0 Å². The van der Waals surface area contributed by atoms with E-state index in [1.165, 1.54) is 0 Å². The lowest BCUT2D eigenvalue weighted by Crippen LogP contribution is -2.33. The summed E-state index contributed by atoms with van der Waals surface area (Å²) in [6.07, 6.45) is 4.70. The van der Waals surface area contributed by atoms with E-state index in [1.54, 1.807) is 11.9 Å². The van der Waals surface area contributed by atoms with Crippen molar-refractivity contribution in [2.24, 2.45) is 11.8 Å². The molecule has 0 unspecified atom stereocenters. The second-order valence-corrected chi connectivity index (χ2v) is 5.84. The van der Waals surface area contributed by atoms with Crippen LogP contribution in [0.3, 0.4) is 0 Å². The minimum atomic E-state index is -0.281. The Labute approximate surface area is 126 Å². The van der Waals surface area contributed by atoms with Crippen molar-refractivity contribution < 1.29 is 14.3 Å². The standard InChI is InChI=1S/C17H23NO3/c1-18(11-14-7-9-15(12-19)10-8-14)17(20)21-13-16-5-3-2-4-6-16/h2-6,12,14-15H,7-11,13H2,1H3. The highest BCUT2D eigenvalue weighted by molar-refractivity contribution is 5.67. The highest BCUT2D eigenvalue weighted by Crippen LogP contribution is 2.28. The highest BCUT2D eigenvalue weighted by atomic mass is 16.6. The molecule has 1 aromatic carbocycles. The van der Waals surface area contributed by atoms with Crippen LogP contribution in [0.25, 0.3) is 0 Å². The molecule has 0 atom stereocenters. The van der Waals surface area contributed by atoms with E-state index >= 15 is 0 Å². The van der Waals surface area contributed by atoms with Gasteiger partial charge in [-0.1, -0.05) is 30.3 Å². The van der Waals surface area contributed by atoms with Gasteiger partial charge < -0.3 is 14.4 Å². The van der Waals surface area contributed by atoms with Crippen molar-refractivity contribution in [1.82, 2.24) is 4.90 Å². The van der Waals surface area contributed by atoms with Gasteiger partial charge in [-0.25, -0.2) is 4.79 Å². The molecule has 1 aromatic rings. The van der Waals surface area contributed by atoms with Crippen molar-refractivity contribution in [2.75, 3.05) is 13.6 Å². The van der Waals surface area contributed by atoms with Crippen LogP contribution in [0.1, 0.15) is 31.2 Å². The molecule has 114 valence electrons. The number of rotatable bonds is 5. The molecule has 0 saturated heterocycles. The summed E-state index contributed by atoms with van der Waals surface area (Å²) in [5.41, 5.74) is 0.991. The molecule has 4 heteroatoms. The molecule has 1 saturated carbocycles. The zero-order chi connectivity index (χ0) is 15.1. The topological polar surface area (TPSA) is 46.6 Å². The quantitative estimate of drug-likeness (QED) is 0.782. The lowest BCUT2D eigenvalue weighted by atomic mass is 9.82. The van der Waals surface area contributed by atoms with E-state index in [0.29, 0.717) is 19.1 Å². The average Bonchev–Trinajstić information content (AvgIpc) is 2.54. The normalized spacial score (nSPS) is 21.6. The summed E-state index contributed by atoms with van der Waals surface area (Å²) < 4.78 is 5.30. The zero-order valence-electron chi connectivity index (χ0n) is 12.5. The summed E-state index contributed by atoms with van der Waals surface area (Å²) >= 11 is 0. The van der Waals surface area contributed by atoms with Crippen LogP contribution >= 0.6 is 0 Å². The number of nitrogens with zero attached hydrogens (tertiary/aromatic N) is 1. The average molecular weight is 289 g/mol. The van der Waals surface area contributed by atoms with Gasteiger partial charge in [0.15, 0.2) is 0 Å². The number of hydrogen-bond donors (Lipinski definition) is 0. The predicted octanol–water partition coefficient (Wildman–Crippen LogP) is 3.26. The predicted molar refractivity (Wildman–Crippen MR) is 80.8 cm³/mol. The van der Waals surface area contributed by atoms with Crippen molar-refractivity contribution in [1.29, 1.82) is 0 Å². The maximum absolute atomic E-state index is 12.0. The summed E-state index contributed by atoms with van der Waals surface area (Å²) in [5.74, 6) is 0.701. The first kappa shape index (κ1) is 15.5. The molecule has 1 aliphatic carbocycles. The number of carbonyl (C=O) groups is 2. The van der Waals surface area contributed by atoms with Gasteiger partial charge in [0.25, 0.3) is 0 Å². The van der Waals surface area contributed by atoms with Crippen molar-refractivity contribution in [3.8, 4) is 0 Å². The molecule has 0 bridgehead atoms. The van der Waals surface area contributed by atoms with E-state index in [0.717, 1.165) is 37.5 Å². The monoisotopic (exact) mass is 289 g/mol. The van der Waals surface area contributed by atoms with Gasteiger partial charge in [0.2, 0.25) is 0 Å². The Hall–Kier alpha value is -1.84. The summed E-state index contributed by atoms with van der Waals surface area (Å²) in [6, 6.07) is 9.67. The summed E-state index contributed by atoms with van der Waals surface area (Å²) in [7, 11) is 1.78. The largest absolute Gasteiger partial charge is 0.445 e. The van der Waals surface area contributed by atoms with Crippen LogP contribution in [0.15, 0.2) is 30.3 Å². The van der Waals surface area contributed by atoms with Crippen LogP contribution in [-0.2, 0) is 16.1 Å². The number of benzene rings is 1. The third-order valence-electron chi connectivity index (χ3n) is 4.13. The Kier molecular flexibility index (Phi) is 5.78. The minimum Gasteiger partial charge on any atom is -0.445 e. The number of hydrogen-bond acceptors (Lipinski definition) is 3. The minimum absolute atomic E-state index is 0.219. The first-order valence-electron chi connectivity index (χ1n) is 7.56. The summed E-state index contributed by atoms with van der Waals surface area (Å²) in [6.45, 7) is 1.01. The number of ether oxygens (including phenoxy) is 1. The van der Waals surface area contributed by atoms with Crippen LogP contribution in [0.4, 0.5) is 4.79 Å². The molecule has 4 nitrogen and oxygen atoms in total. The first-order chi connectivity index (χ1) is 10.2. The maximum atomic E-state index is 12.0. The molecule has 0 aromatic heterocycles. The molecule has 0 heterocycles. The lowest BCUT2D eigenvalue weighted by Gasteiger charge is -2.28. The molecular formula is C17H23NO3. The van der Waals surface area contributed by atoms with E-state index < -0.39 is 0 Å². The SMILES string of the molecule is CN(CC1CCC(C=O)CC1)C(=O)OCc1ccccc1. The van der Waals surface area contributed by atoms with Gasteiger partial charge in [0.05, 0.1) is 0 Å². The molecule has 1 amide bonds. The highest BCUT2D eigenvalue weighted by Gasteiger charge is 2.23. The molecule has 0 N–H and O–H groups in total. The Morgan fingerprint density at radius 2 is 1.90 bits per heavy atom. The first-order valence-corrected chi connectivity index (χ1v) is 7.56. The molecule has 2 rings (SSSR count). The van der Waals surface area contributed by atoms with Gasteiger partial charge in [0.1, 0.15) is 12.9 Å². The van der Waals surface area contributed by atoms with Crippen molar-refractivity contribution in [3.05, 3.63) is 35.9 Å². The summed E-state index contributed by atoms with van der Waals surface area (Å²) in [5, 5.41) is 0. The van der Waals surface area contributed by atoms with Crippen molar-refractivity contribution in [3.63, 3.8) is 0 Å². The van der Waals surface area contributed by atoms with E-state index in [4.69, 9.17) is 4.74 Å². The zero-order valence-corrected chi connectivity index (χ0v) is 12.5. The molecule has 0 spiro atoms. The van der Waals surface area contributed by atoms with Crippen molar-refractivity contribution >= 4 is 12.4 Å². The lowest BCUT2D eigenvalue weighted by molar-refractivity contribution is -0.112. The van der Waals surface area contributed by atoms with Crippen LogP contribution in [-0.4, -0.2) is 30.9 Å². The third-order valence-corrected chi connectivity index (χ3v) is 4.13. The van der Waals surface area contributed by atoms with Crippen molar-refractivity contribution in [2.45, 2.75) is 32.3 Å². The second-order valence-electron chi connectivity index (χ2n) is 5.84. The fourth-order valence-electron chi connectivity index (χ4n) is 2.80. The Balaban J connectivity index is 1.71. The Bertz CT molecular complexity index is 452. The molecular weight excluding hydrogens is 266 g/mol. The number of aldehydes is 1. The van der Waals surface area contributed by atoms with E-state index in [-0.39, 0.29) is 12.0 Å². The molecule has 21 heavy (non-hydrogen) atoms. The fraction of sp³-hybridized carbons (Fsp3) is 0.529. The molecule has 1 aliphatic rings. The van der Waals surface area contributed by atoms with Crippen LogP contribution in [0.2, 0.25) is 0 Å². The smallest absolute Gasteiger partial charge is 0.409 e. The van der Waals surface area contributed by atoms with Gasteiger partial charge >= 0.3 is 6.09 Å². The van der Waals surface area contributed by atoms with Gasteiger partial charge in [-0.2, -0.15) is 0 Å². The molecule has 1 fully saturated rings. The van der Waals surface area contributed by atoms with Gasteiger partial charge in [-0.05, 0) is 37.2 Å². The Morgan fingerprint density at radius 1 is 1.24 bits per heavy atom. The van der Waals surface area contributed by atoms with Crippen LogP contribution in [0.5, 0.6) is 0 Å². The van der Waals surface area contributed by atoms with E-state index in [9.17, 15) is 9.59 Å². The van der Waals surface area contributed by atoms with E-state index in [1.807, 2.05) is 30.3 Å². The molecule has 0 aliphatic heterocycles. The van der Waals surface area contributed by atoms with Crippen LogP contribution < -0.4 is 0 Å². The summed E-state index contributed by atoms with van der Waals surface area (Å²) in [4.78, 5) is 24.3. The van der Waals surface area contributed by atoms with Gasteiger partial charge in [-0.3, -0.25) is 0 Å². The number of carbonyl (C=O) groups excluding carboxylic acids is 2. The fourth-order valence-corrected chi connectivity index (χ4v) is 2.80. The maximum Gasteiger partial charge on any atom is 0.409 e. The third kappa shape index (κ3) is 4.88. The molecule has 0 radical (unpaired) electrons. The second kappa shape index (κ2) is 7.81.